The second kappa shape index (κ2) is 6.16. The highest BCUT2D eigenvalue weighted by Gasteiger charge is 2.16. The minimum atomic E-state index is 0.621. The third-order valence-electron chi connectivity index (χ3n) is 3.45. The fraction of sp³-hybridized carbons (Fsp3) is 0.312. The maximum Gasteiger partial charge on any atom is 0.169 e. The summed E-state index contributed by atoms with van der Waals surface area (Å²) < 4.78 is 0. The first-order chi connectivity index (χ1) is 9.67. The van der Waals surface area contributed by atoms with Gasteiger partial charge in [-0.25, -0.2) is 0 Å². The van der Waals surface area contributed by atoms with Crippen LogP contribution in [0.1, 0.15) is 29.3 Å². The van der Waals surface area contributed by atoms with Crippen molar-refractivity contribution >= 4 is 5.82 Å². The van der Waals surface area contributed by atoms with Crippen LogP contribution in [0.3, 0.4) is 0 Å². The highest BCUT2D eigenvalue weighted by molar-refractivity contribution is 5.57. The van der Waals surface area contributed by atoms with E-state index in [9.17, 15) is 5.26 Å². The Labute approximate surface area is 119 Å². The van der Waals surface area contributed by atoms with Gasteiger partial charge in [-0.2, -0.15) is 10.4 Å². The summed E-state index contributed by atoms with van der Waals surface area (Å²) in [5, 5.41) is 17.8. The quantitative estimate of drug-likeness (QED) is 0.853. The van der Waals surface area contributed by atoms with E-state index in [0.29, 0.717) is 11.4 Å². The number of aryl methyl sites for hydroxylation is 1. The summed E-state index contributed by atoms with van der Waals surface area (Å²) in [5.41, 5.74) is 3.53. The van der Waals surface area contributed by atoms with Crippen LogP contribution in [0.5, 0.6) is 0 Å². The van der Waals surface area contributed by atoms with Crippen LogP contribution in [-0.2, 0) is 6.54 Å². The molecule has 2 aromatic rings. The molecule has 0 N–H and O–H groups in total. The molecule has 4 nitrogen and oxygen atoms in total. The molecule has 0 amide bonds. The largest absolute Gasteiger partial charge is 0.350 e. The van der Waals surface area contributed by atoms with Gasteiger partial charge in [-0.3, -0.25) is 0 Å². The van der Waals surface area contributed by atoms with E-state index in [0.717, 1.165) is 24.3 Å². The molecule has 0 fully saturated rings. The van der Waals surface area contributed by atoms with Crippen molar-refractivity contribution in [2.24, 2.45) is 0 Å². The standard InChI is InChI=1S/C16H18N4/c1-4-20(11-14-8-6-5-7-9-14)16-15(10-17)12(2)13(3)18-19-16/h5-9H,4,11H2,1-3H3. The molecule has 1 aromatic carbocycles. The molecule has 0 radical (unpaired) electrons. The first-order valence-corrected chi connectivity index (χ1v) is 6.70. The van der Waals surface area contributed by atoms with Gasteiger partial charge in [0.1, 0.15) is 11.6 Å². The molecule has 1 aromatic heterocycles. The highest BCUT2D eigenvalue weighted by atomic mass is 15.3. The summed E-state index contributed by atoms with van der Waals surface area (Å²) in [6.45, 7) is 7.35. The summed E-state index contributed by atoms with van der Waals surface area (Å²) >= 11 is 0. The highest BCUT2D eigenvalue weighted by Crippen LogP contribution is 2.22. The SMILES string of the molecule is CCN(Cc1ccccc1)c1nnc(C)c(C)c1C#N. The van der Waals surface area contributed by atoms with Crippen molar-refractivity contribution in [2.45, 2.75) is 27.3 Å². The number of hydrogen-bond donors (Lipinski definition) is 0. The van der Waals surface area contributed by atoms with Crippen LogP contribution in [0.15, 0.2) is 30.3 Å². The maximum absolute atomic E-state index is 9.39. The maximum atomic E-state index is 9.39. The Morgan fingerprint density at radius 1 is 1.15 bits per heavy atom. The molecule has 0 bridgehead atoms. The number of aromatic nitrogens is 2. The topological polar surface area (TPSA) is 52.8 Å². The Kier molecular flexibility index (Phi) is 4.31. The Balaban J connectivity index is 2.38. The van der Waals surface area contributed by atoms with Gasteiger partial charge in [0.25, 0.3) is 0 Å². The molecule has 1 heterocycles. The van der Waals surface area contributed by atoms with E-state index >= 15 is 0 Å². The van der Waals surface area contributed by atoms with Crippen molar-refractivity contribution in [3.8, 4) is 6.07 Å². The molecule has 0 aliphatic rings. The Bertz CT molecular complexity index is 629. The molecule has 0 spiro atoms. The first-order valence-electron chi connectivity index (χ1n) is 6.70. The van der Waals surface area contributed by atoms with Gasteiger partial charge >= 0.3 is 0 Å². The van der Waals surface area contributed by atoms with E-state index in [1.165, 1.54) is 5.56 Å². The average molecular weight is 266 g/mol. The second-order valence-corrected chi connectivity index (χ2v) is 4.72. The molecular weight excluding hydrogens is 248 g/mol. The third kappa shape index (κ3) is 2.77. The van der Waals surface area contributed by atoms with E-state index in [-0.39, 0.29) is 0 Å². The predicted octanol–water partition coefficient (Wildman–Crippen LogP) is 2.99. The van der Waals surface area contributed by atoms with Gasteiger partial charge < -0.3 is 4.90 Å². The van der Waals surface area contributed by atoms with Gasteiger partial charge in [0.15, 0.2) is 5.82 Å². The number of nitrogens with zero attached hydrogens (tertiary/aromatic N) is 4. The van der Waals surface area contributed by atoms with Gasteiger partial charge in [0.2, 0.25) is 0 Å². The molecule has 0 aliphatic heterocycles. The zero-order chi connectivity index (χ0) is 14.5. The molecule has 0 atom stereocenters. The molecule has 0 aliphatic carbocycles. The first kappa shape index (κ1) is 14.0. The number of hydrogen-bond acceptors (Lipinski definition) is 4. The van der Waals surface area contributed by atoms with Crippen LogP contribution in [0, 0.1) is 25.2 Å². The number of benzene rings is 1. The lowest BCUT2D eigenvalue weighted by atomic mass is 10.1. The van der Waals surface area contributed by atoms with Gasteiger partial charge in [-0.05, 0) is 31.9 Å². The van der Waals surface area contributed by atoms with E-state index in [1.54, 1.807) is 0 Å². The predicted molar refractivity (Wildman–Crippen MR) is 79.4 cm³/mol. The molecule has 0 saturated heterocycles. The normalized spacial score (nSPS) is 10.1. The van der Waals surface area contributed by atoms with Crippen LogP contribution in [0.4, 0.5) is 5.82 Å². The fourth-order valence-corrected chi connectivity index (χ4v) is 2.09. The zero-order valence-electron chi connectivity index (χ0n) is 12.1. The fourth-order valence-electron chi connectivity index (χ4n) is 2.09. The van der Waals surface area contributed by atoms with E-state index in [4.69, 9.17) is 0 Å². The van der Waals surface area contributed by atoms with Crippen molar-refractivity contribution in [1.82, 2.24) is 10.2 Å². The van der Waals surface area contributed by atoms with Gasteiger partial charge in [-0.1, -0.05) is 30.3 Å². The molecule has 0 saturated carbocycles. The van der Waals surface area contributed by atoms with Crippen molar-refractivity contribution < 1.29 is 0 Å². The van der Waals surface area contributed by atoms with Crippen LogP contribution in [0.25, 0.3) is 0 Å². The van der Waals surface area contributed by atoms with Crippen molar-refractivity contribution in [1.29, 1.82) is 5.26 Å². The summed E-state index contributed by atoms with van der Waals surface area (Å²) in [5.74, 6) is 0.668. The van der Waals surface area contributed by atoms with Crippen molar-refractivity contribution in [2.75, 3.05) is 11.4 Å². The summed E-state index contributed by atoms with van der Waals surface area (Å²) in [4.78, 5) is 2.08. The monoisotopic (exact) mass is 266 g/mol. The number of nitriles is 1. The third-order valence-corrected chi connectivity index (χ3v) is 3.45. The van der Waals surface area contributed by atoms with E-state index < -0.39 is 0 Å². The summed E-state index contributed by atoms with van der Waals surface area (Å²) in [7, 11) is 0. The lowest BCUT2D eigenvalue weighted by Gasteiger charge is -2.23. The van der Waals surface area contributed by atoms with Gasteiger partial charge in [-0.15, -0.1) is 5.10 Å². The van der Waals surface area contributed by atoms with Gasteiger partial charge in [0.05, 0.1) is 5.69 Å². The molecule has 20 heavy (non-hydrogen) atoms. The minimum absolute atomic E-state index is 0.621. The molecule has 2 rings (SSSR count). The summed E-state index contributed by atoms with van der Waals surface area (Å²) in [6, 6.07) is 12.4. The number of rotatable bonds is 4. The van der Waals surface area contributed by atoms with E-state index in [1.807, 2.05) is 32.0 Å². The molecule has 0 unspecified atom stereocenters. The van der Waals surface area contributed by atoms with Crippen LogP contribution in [0.2, 0.25) is 0 Å². The number of anilines is 1. The lowest BCUT2D eigenvalue weighted by molar-refractivity contribution is 0.786. The zero-order valence-corrected chi connectivity index (χ0v) is 12.1. The Morgan fingerprint density at radius 2 is 1.85 bits per heavy atom. The molecular formula is C16H18N4. The Hall–Kier alpha value is -2.41. The van der Waals surface area contributed by atoms with Crippen LogP contribution >= 0.6 is 0 Å². The summed E-state index contributed by atoms with van der Waals surface area (Å²) in [6.07, 6.45) is 0. The smallest absolute Gasteiger partial charge is 0.169 e. The van der Waals surface area contributed by atoms with Crippen molar-refractivity contribution in [3.05, 3.63) is 52.7 Å². The van der Waals surface area contributed by atoms with Crippen LogP contribution in [-0.4, -0.2) is 16.7 Å². The lowest BCUT2D eigenvalue weighted by Crippen LogP contribution is -2.25. The average Bonchev–Trinajstić information content (AvgIpc) is 2.48. The van der Waals surface area contributed by atoms with Crippen LogP contribution < -0.4 is 4.90 Å². The minimum Gasteiger partial charge on any atom is -0.350 e. The molecule has 102 valence electrons. The molecule has 4 heteroatoms. The Morgan fingerprint density at radius 3 is 2.45 bits per heavy atom. The van der Waals surface area contributed by atoms with E-state index in [2.05, 4.69) is 40.2 Å². The second-order valence-electron chi connectivity index (χ2n) is 4.72. The van der Waals surface area contributed by atoms with Gasteiger partial charge in [0, 0.05) is 13.1 Å². The van der Waals surface area contributed by atoms with Crippen molar-refractivity contribution in [3.63, 3.8) is 0 Å².